The highest BCUT2D eigenvalue weighted by Gasteiger charge is 2.21. The lowest BCUT2D eigenvalue weighted by molar-refractivity contribution is -0.126. The topological polar surface area (TPSA) is 50.8 Å². The Labute approximate surface area is 148 Å². The van der Waals surface area contributed by atoms with Gasteiger partial charge in [-0.3, -0.25) is 9.69 Å². The second kappa shape index (κ2) is 7.57. The lowest BCUT2D eigenvalue weighted by Crippen LogP contribution is -2.43. The molecule has 25 heavy (non-hydrogen) atoms. The van der Waals surface area contributed by atoms with Crippen molar-refractivity contribution in [3.63, 3.8) is 0 Å². The standard InChI is InChI=1S/C20H24N2O3/c1-14(17-7-5-4-6-8-17)21-20(23)15(2)22(3)12-16-9-10-18-19(11-16)25-13-24-18/h4-11,14-15H,12-13H2,1-3H3,(H,21,23). The summed E-state index contributed by atoms with van der Waals surface area (Å²) in [6.45, 7) is 4.84. The first-order valence-electron chi connectivity index (χ1n) is 8.48. The number of hydrogen-bond acceptors (Lipinski definition) is 4. The van der Waals surface area contributed by atoms with Gasteiger partial charge in [-0.15, -0.1) is 0 Å². The van der Waals surface area contributed by atoms with Crippen molar-refractivity contribution in [3.05, 3.63) is 59.7 Å². The molecule has 2 aromatic carbocycles. The van der Waals surface area contributed by atoms with Crippen LogP contribution < -0.4 is 14.8 Å². The molecule has 132 valence electrons. The molecule has 0 aliphatic carbocycles. The van der Waals surface area contributed by atoms with Gasteiger partial charge in [-0.25, -0.2) is 0 Å². The lowest BCUT2D eigenvalue weighted by atomic mass is 10.1. The quantitative estimate of drug-likeness (QED) is 0.878. The van der Waals surface area contributed by atoms with Gasteiger partial charge in [-0.2, -0.15) is 0 Å². The van der Waals surface area contributed by atoms with Crippen LogP contribution in [0.25, 0.3) is 0 Å². The zero-order valence-corrected chi connectivity index (χ0v) is 14.9. The third kappa shape index (κ3) is 4.12. The monoisotopic (exact) mass is 340 g/mol. The molecule has 1 heterocycles. The number of carbonyl (C=O) groups is 1. The number of nitrogens with zero attached hydrogens (tertiary/aromatic N) is 1. The molecule has 2 atom stereocenters. The van der Waals surface area contributed by atoms with Gasteiger partial charge in [0.1, 0.15) is 0 Å². The van der Waals surface area contributed by atoms with E-state index >= 15 is 0 Å². The Bertz CT molecular complexity index is 733. The van der Waals surface area contributed by atoms with Crippen LogP contribution in [0.1, 0.15) is 31.0 Å². The molecule has 0 saturated carbocycles. The normalized spacial score (nSPS) is 15.0. The molecule has 5 nitrogen and oxygen atoms in total. The van der Waals surface area contributed by atoms with Gasteiger partial charge in [0, 0.05) is 6.54 Å². The van der Waals surface area contributed by atoms with Gasteiger partial charge in [0.25, 0.3) is 0 Å². The lowest BCUT2D eigenvalue weighted by Gasteiger charge is -2.26. The van der Waals surface area contributed by atoms with E-state index in [9.17, 15) is 4.79 Å². The maximum atomic E-state index is 12.5. The van der Waals surface area contributed by atoms with Crippen molar-refractivity contribution in [2.75, 3.05) is 13.8 Å². The van der Waals surface area contributed by atoms with Crippen LogP contribution in [-0.4, -0.2) is 30.7 Å². The van der Waals surface area contributed by atoms with E-state index in [1.54, 1.807) is 0 Å². The number of amides is 1. The molecule has 1 N–H and O–H groups in total. The van der Waals surface area contributed by atoms with E-state index in [2.05, 4.69) is 5.32 Å². The van der Waals surface area contributed by atoms with Gasteiger partial charge in [-0.05, 0) is 44.2 Å². The predicted octanol–water partition coefficient (Wildman–Crippen LogP) is 3.11. The molecule has 1 amide bonds. The molecule has 0 saturated heterocycles. The molecule has 2 aromatic rings. The van der Waals surface area contributed by atoms with E-state index in [1.807, 2.05) is 74.3 Å². The average Bonchev–Trinajstić information content (AvgIpc) is 3.09. The Morgan fingerprint density at radius 2 is 1.84 bits per heavy atom. The van der Waals surface area contributed by atoms with Gasteiger partial charge in [0.05, 0.1) is 12.1 Å². The van der Waals surface area contributed by atoms with E-state index in [1.165, 1.54) is 0 Å². The maximum absolute atomic E-state index is 12.5. The summed E-state index contributed by atoms with van der Waals surface area (Å²) in [6.07, 6.45) is 0. The summed E-state index contributed by atoms with van der Waals surface area (Å²) in [5, 5.41) is 3.08. The second-order valence-electron chi connectivity index (χ2n) is 6.42. The zero-order chi connectivity index (χ0) is 17.8. The van der Waals surface area contributed by atoms with Crippen molar-refractivity contribution in [2.45, 2.75) is 32.5 Å². The number of nitrogens with one attached hydrogen (secondary N) is 1. The van der Waals surface area contributed by atoms with Crippen molar-refractivity contribution < 1.29 is 14.3 Å². The number of benzene rings is 2. The van der Waals surface area contributed by atoms with Crippen molar-refractivity contribution in [1.29, 1.82) is 0 Å². The third-order valence-corrected chi connectivity index (χ3v) is 4.57. The maximum Gasteiger partial charge on any atom is 0.237 e. The highest BCUT2D eigenvalue weighted by atomic mass is 16.7. The summed E-state index contributed by atoms with van der Waals surface area (Å²) < 4.78 is 10.7. The molecule has 0 aromatic heterocycles. The van der Waals surface area contributed by atoms with Crippen LogP contribution in [-0.2, 0) is 11.3 Å². The van der Waals surface area contributed by atoms with Crippen LogP contribution in [0.4, 0.5) is 0 Å². The molecular weight excluding hydrogens is 316 g/mol. The number of fused-ring (bicyclic) bond motifs is 1. The Hall–Kier alpha value is -2.53. The van der Waals surface area contributed by atoms with E-state index < -0.39 is 0 Å². The summed E-state index contributed by atoms with van der Waals surface area (Å²) >= 11 is 0. The zero-order valence-electron chi connectivity index (χ0n) is 14.9. The summed E-state index contributed by atoms with van der Waals surface area (Å²) in [4.78, 5) is 14.6. The van der Waals surface area contributed by atoms with E-state index in [-0.39, 0.29) is 24.8 Å². The van der Waals surface area contributed by atoms with Crippen molar-refractivity contribution in [2.24, 2.45) is 0 Å². The van der Waals surface area contributed by atoms with Gasteiger partial charge < -0.3 is 14.8 Å². The van der Waals surface area contributed by atoms with Crippen LogP contribution >= 0.6 is 0 Å². The van der Waals surface area contributed by atoms with E-state index in [0.29, 0.717) is 6.54 Å². The molecular formula is C20H24N2O3. The van der Waals surface area contributed by atoms with Crippen molar-refractivity contribution >= 4 is 5.91 Å². The first kappa shape index (κ1) is 17.3. The van der Waals surface area contributed by atoms with Gasteiger partial charge in [0.15, 0.2) is 11.5 Å². The predicted molar refractivity (Wildman–Crippen MR) is 96.5 cm³/mol. The molecule has 3 rings (SSSR count). The largest absolute Gasteiger partial charge is 0.454 e. The minimum Gasteiger partial charge on any atom is -0.454 e. The first-order chi connectivity index (χ1) is 12.0. The SMILES string of the molecule is CC(NC(=O)C(C)N(C)Cc1ccc2c(c1)OCO2)c1ccccc1. The van der Waals surface area contributed by atoms with Crippen LogP contribution in [0.15, 0.2) is 48.5 Å². The van der Waals surface area contributed by atoms with Crippen molar-refractivity contribution in [3.8, 4) is 11.5 Å². The van der Waals surface area contributed by atoms with Gasteiger partial charge in [-0.1, -0.05) is 36.4 Å². The fraction of sp³-hybridized carbons (Fsp3) is 0.350. The molecule has 1 aliphatic rings. The highest BCUT2D eigenvalue weighted by Crippen LogP contribution is 2.32. The van der Waals surface area contributed by atoms with E-state index in [0.717, 1.165) is 22.6 Å². The third-order valence-electron chi connectivity index (χ3n) is 4.57. The summed E-state index contributed by atoms with van der Waals surface area (Å²) in [5.41, 5.74) is 2.18. The highest BCUT2D eigenvalue weighted by molar-refractivity contribution is 5.81. The molecule has 1 aliphatic heterocycles. The average molecular weight is 340 g/mol. The van der Waals surface area contributed by atoms with Gasteiger partial charge in [0.2, 0.25) is 12.7 Å². The summed E-state index contributed by atoms with van der Waals surface area (Å²) in [7, 11) is 1.95. The fourth-order valence-electron chi connectivity index (χ4n) is 2.82. The fourth-order valence-corrected chi connectivity index (χ4v) is 2.82. The number of hydrogen-bond donors (Lipinski definition) is 1. The molecule has 2 unspecified atom stereocenters. The van der Waals surface area contributed by atoms with Crippen LogP contribution in [0.5, 0.6) is 11.5 Å². The number of carbonyl (C=O) groups excluding carboxylic acids is 1. The minimum atomic E-state index is -0.239. The smallest absolute Gasteiger partial charge is 0.237 e. The van der Waals surface area contributed by atoms with Crippen LogP contribution in [0.2, 0.25) is 0 Å². The van der Waals surface area contributed by atoms with E-state index in [4.69, 9.17) is 9.47 Å². The molecule has 0 spiro atoms. The molecule has 5 heteroatoms. The molecule has 0 bridgehead atoms. The van der Waals surface area contributed by atoms with Gasteiger partial charge >= 0.3 is 0 Å². The Kier molecular flexibility index (Phi) is 5.24. The minimum absolute atomic E-state index is 0.0135. The molecule has 0 fully saturated rings. The van der Waals surface area contributed by atoms with Crippen LogP contribution in [0, 0.1) is 0 Å². The van der Waals surface area contributed by atoms with Crippen LogP contribution in [0.3, 0.4) is 0 Å². The second-order valence-corrected chi connectivity index (χ2v) is 6.42. The Morgan fingerprint density at radius 3 is 2.60 bits per heavy atom. The Morgan fingerprint density at radius 1 is 1.12 bits per heavy atom. The summed E-state index contributed by atoms with van der Waals surface area (Å²) in [6, 6.07) is 15.6. The van der Waals surface area contributed by atoms with Crippen molar-refractivity contribution in [1.82, 2.24) is 10.2 Å². The number of ether oxygens (including phenoxy) is 2. The summed E-state index contributed by atoms with van der Waals surface area (Å²) in [5.74, 6) is 1.55. The number of rotatable bonds is 6. The number of likely N-dealkylation sites (N-methyl/N-ethyl adjacent to an activating group) is 1. The molecule has 0 radical (unpaired) electrons. The Balaban J connectivity index is 1.58. The first-order valence-corrected chi connectivity index (χ1v) is 8.48.